The van der Waals surface area contributed by atoms with Gasteiger partial charge in [0.1, 0.15) is 11.3 Å². The van der Waals surface area contributed by atoms with Crippen LogP contribution in [0.5, 0.6) is 0 Å². The normalized spacial score (nSPS) is 18.3. The predicted octanol–water partition coefficient (Wildman–Crippen LogP) is 4.48. The average molecular weight is 434 g/mol. The molecule has 4 rings (SSSR count). The van der Waals surface area contributed by atoms with Crippen molar-refractivity contribution in [1.82, 2.24) is 5.32 Å². The first kappa shape index (κ1) is 21.8. The summed E-state index contributed by atoms with van der Waals surface area (Å²) in [5.41, 5.74) is 2.67. The van der Waals surface area contributed by atoms with Gasteiger partial charge in [-0.1, -0.05) is 36.6 Å². The lowest BCUT2D eigenvalue weighted by molar-refractivity contribution is -0.148. The quantitative estimate of drug-likeness (QED) is 0.600. The Morgan fingerprint density at radius 3 is 2.56 bits per heavy atom. The number of ether oxygens (including phenoxy) is 1. The second-order valence-electron chi connectivity index (χ2n) is 8.44. The fourth-order valence-electron chi connectivity index (χ4n) is 4.44. The van der Waals surface area contributed by atoms with E-state index in [0.717, 1.165) is 36.8 Å². The zero-order chi connectivity index (χ0) is 22.7. The van der Waals surface area contributed by atoms with Crippen LogP contribution in [0.25, 0.3) is 22.3 Å². The van der Waals surface area contributed by atoms with Gasteiger partial charge in [-0.05, 0) is 49.9 Å². The first-order valence-electron chi connectivity index (χ1n) is 11.0. The van der Waals surface area contributed by atoms with E-state index in [-0.39, 0.29) is 29.1 Å². The first-order chi connectivity index (χ1) is 15.5. The van der Waals surface area contributed by atoms with Crippen LogP contribution in [0.1, 0.15) is 41.6 Å². The Morgan fingerprint density at radius 1 is 1.06 bits per heavy atom. The van der Waals surface area contributed by atoms with Crippen molar-refractivity contribution in [3.05, 3.63) is 69.9 Å². The van der Waals surface area contributed by atoms with Crippen molar-refractivity contribution in [2.45, 2.75) is 32.6 Å². The van der Waals surface area contributed by atoms with E-state index in [1.807, 2.05) is 19.1 Å². The van der Waals surface area contributed by atoms with E-state index >= 15 is 0 Å². The number of hydrogen-bond donors (Lipinski definition) is 1. The van der Waals surface area contributed by atoms with Gasteiger partial charge in [-0.25, -0.2) is 0 Å². The van der Waals surface area contributed by atoms with Crippen LogP contribution in [0.2, 0.25) is 0 Å². The van der Waals surface area contributed by atoms with E-state index in [1.165, 1.54) is 13.2 Å². The lowest BCUT2D eigenvalue weighted by Gasteiger charge is -2.29. The molecule has 0 bridgehead atoms. The zero-order valence-electron chi connectivity index (χ0n) is 18.4. The van der Waals surface area contributed by atoms with Crippen LogP contribution in [0.3, 0.4) is 0 Å². The summed E-state index contributed by atoms with van der Waals surface area (Å²) in [7, 11) is 1.41. The van der Waals surface area contributed by atoms with E-state index < -0.39 is 0 Å². The molecule has 1 aliphatic carbocycles. The molecule has 2 unspecified atom stereocenters. The van der Waals surface area contributed by atoms with Gasteiger partial charge < -0.3 is 14.5 Å². The average Bonchev–Trinajstić information content (AvgIpc) is 2.82. The van der Waals surface area contributed by atoms with Crippen LogP contribution in [0, 0.1) is 18.8 Å². The van der Waals surface area contributed by atoms with E-state index in [2.05, 4.69) is 5.32 Å². The van der Waals surface area contributed by atoms with Crippen molar-refractivity contribution in [1.29, 1.82) is 0 Å². The van der Waals surface area contributed by atoms with E-state index in [1.54, 1.807) is 30.3 Å². The number of carbonyl (C=O) groups excluding carboxylic acids is 2. The largest absolute Gasteiger partial charge is 0.469 e. The molecule has 3 aromatic rings. The smallest absolute Gasteiger partial charge is 0.309 e. The molecular weight excluding hydrogens is 406 g/mol. The van der Waals surface area contributed by atoms with Crippen LogP contribution in [-0.4, -0.2) is 25.5 Å². The third-order valence-corrected chi connectivity index (χ3v) is 6.25. The minimum absolute atomic E-state index is 0.0925. The number of rotatable bonds is 5. The third kappa shape index (κ3) is 4.59. The topological polar surface area (TPSA) is 85.6 Å². The molecule has 1 saturated carbocycles. The van der Waals surface area contributed by atoms with Gasteiger partial charge in [0.15, 0.2) is 5.43 Å². The minimum atomic E-state index is -0.194. The summed E-state index contributed by atoms with van der Waals surface area (Å²) in [6.07, 6.45) is 3.77. The summed E-state index contributed by atoms with van der Waals surface area (Å²) < 4.78 is 10.8. The number of esters is 1. The van der Waals surface area contributed by atoms with Gasteiger partial charge in [-0.2, -0.15) is 0 Å². The predicted molar refractivity (Wildman–Crippen MR) is 122 cm³/mol. The molecule has 6 nitrogen and oxygen atoms in total. The maximum absolute atomic E-state index is 12.6. The van der Waals surface area contributed by atoms with Crippen molar-refractivity contribution in [3.63, 3.8) is 0 Å². The van der Waals surface area contributed by atoms with Crippen LogP contribution in [0.4, 0.5) is 0 Å². The fourth-order valence-corrected chi connectivity index (χ4v) is 4.44. The lowest BCUT2D eigenvalue weighted by atomic mass is 9.79. The molecule has 1 N–H and O–H groups in total. The molecule has 2 aromatic carbocycles. The van der Waals surface area contributed by atoms with Crippen molar-refractivity contribution in [3.8, 4) is 11.3 Å². The second-order valence-corrected chi connectivity index (χ2v) is 8.44. The second kappa shape index (κ2) is 9.39. The van der Waals surface area contributed by atoms with Crippen molar-refractivity contribution in [2.24, 2.45) is 11.8 Å². The maximum atomic E-state index is 12.6. The molecule has 0 spiro atoms. The van der Waals surface area contributed by atoms with Gasteiger partial charge in [0, 0.05) is 23.7 Å². The van der Waals surface area contributed by atoms with Crippen LogP contribution in [0.15, 0.2) is 57.7 Å². The van der Waals surface area contributed by atoms with Gasteiger partial charge in [0.2, 0.25) is 0 Å². The number of hydrogen-bond acceptors (Lipinski definition) is 5. The molecule has 6 heteroatoms. The molecule has 166 valence electrons. The number of methoxy groups -OCH3 is 1. The van der Waals surface area contributed by atoms with Crippen LogP contribution in [-0.2, 0) is 9.53 Å². The number of fused-ring (bicyclic) bond motifs is 1. The number of aryl methyl sites for hydroxylation is 1. The lowest BCUT2D eigenvalue weighted by Crippen LogP contribution is -2.37. The highest BCUT2D eigenvalue weighted by molar-refractivity contribution is 5.94. The summed E-state index contributed by atoms with van der Waals surface area (Å²) >= 11 is 0. The summed E-state index contributed by atoms with van der Waals surface area (Å²) in [6.45, 7) is 2.37. The fraction of sp³-hybridized carbons (Fsp3) is 0.346. The Balaban J connectivity index is 1.46. The van der Waals surface area contributed by atoms with Gasteiger partial charge in [0.25, 0.3) is 5.91 Å². The molecule has 1 heterocycles. The Bertz CT molecular complexity index is 1200. The highest BCUT2D eigenvalue weighted by atomic mass is 16.5. The summed E-state index contributed by atoms with van der Waals surface area (Å²) in [6, 6.07) is 14.0. The first-order valence-corrected chi connectivity index (χ1v) is 11.0. The molecule has 0 saturated heterocycles. The molecule has 1 amide bonds. The Kier molecular flexibility index (Phi) is 6.40. The Labute approximate surface area is 186 Å². The van der Waals surface area contributed by atoms with Crippen LogP contribution >= 0.6 is 0 Å². The highest BCUT2D eigenvalue weighted by Crippen LogP contribution is 2.30. The van der Waals surface area contributed by atoms with Gasteiger partial charge in [-0.15, -0.1) is 0 Å². The number of nitrogens with one attached hydrogen (secondary N) is 1. The van der Waals surface area contributed by atoms with Crippen molar-refractivity contribution < 1.29 is 18.7 Å². The molecule has 1 fully saturated rings. The van der Waals surface area contributed by atoms with Gasteiger partial charge in [-0.3, -0.25) is 14.4 Å². The molecule has 2 atom stereocenters. The van der Waals surface area contributed by atoms with E-state index in [4.69, 9.17) is 9.15 Å². The molecule has 32 heavy (non-hydrogen) atoms. The molecule has 1 aliphatic rings. The Hall–Kier alpha value is -3.41. The molecule has 0 aliphatic heterocycles. The maximum Gasteiger partial charge on any atom is 0.309 e. The number of amides is 1. The summed E-state index contributed by atoms with van der Waals surface area (Å²) in [5, 5.41) is 3.51. The SMILES string of the molecule is COC(=O)C1CCCCC1CNC(=O)c1ccc(-c2cc(=O)c3cc(C)ccc3o2)cc1. The molecular formula is C26H27NO5. The van der Waals surface area contributed by atoms with E-state index in [0.29, 0.717) is 28.8 Å². The number of carbonyl (C=O) groups is 2. The van der Waals surface area contributed by atoms with Crippen molar-refractivity contribution in [2.75, 3.05) is 13.7 Å². The van der Waals surface area contributed by atoms with E-state index in [9.17, 15) is 14.4 Å². The monoisotopic (exact) mass is 433 g/mol. The summed E-state index contributed by atoms with van der Waals surface area (Å²) in [4.78, 5) is 37.1. The molecule has 0 radical (unpaired) electrons. The zero-order valence-corrected chi connectivity index (χ0v) is 18.4. The molecule has 1 aromatic heterocycles. The van der Waals surface area contributed by atoms with Gasteiger partial charge >= 0.3 is 5.97 Å². The minimum Gasteiger partial charge on any atom is -0.469 e. The number of benzene rings is 2. The van der Waals surface area contributed by atoms with Crippen LogP contribution < -0.4 is 10.7 Å². The Morgan fingerprint density at radius 2 is 1.81 bits per heavy atom. The van der Waals surface area contributed by atoms with Crippen molar-refractivity contribution >= 4 is 22.8 Å². The standard InChI is InChI=1S/C26H27NO5/c1-16-7-12-23-21(13-16)22(28)14-24(32-23)17-8-10-18(11-9-17)25(29)27-15-19-5-3-4-6-20(19)26(30)31-2/h7-14,19-20H,3-6,15H2,1-2H3,(H,27,29). The highest BCUT2D eigenvalue weighted by Gasteiger charge is 2.31. The van der Waals surface area contributed by atoms with Gasteiger partial charge in [0.05, 0.1) is 18.4 Å². The third-order valence-electron chi connectivity index (χ3n) is 6.25. The summed E-state index contributed by atoms with van der Waals surface area (Å²) in [5.74, 6) is 0.00825.